The molecule has 6 nitrogen and oxygen atoms in total. The molecule has 0 fully saturated rings. The molecule has 0 aliphatic heterocycles. The summed E-state index contributed by atoms with van der Waals surface area (Å²) in [6.07, 6.45) is 6.61. The first-order chi connectivity index (χ1) is 9.16. The van der Waals surface area contributed by atoms with Gasteiger partial charge < -0.3 is 0 Å². The fourth-order valence-electron chi connectivity index (χ4n) is 1.91. The van der Waals surface area contributed by atoms with Gasteiger partial charge in [-0.05, 0) is 26.0 Å². The van der Waals surface area contributed by atoms with Crippen LogP contribution >= 0.6 is 0 Å². The van der Waals surface area contributed by atoms with Gasteiger partial charge in [-0.1, -0.05) is 0 Å². The summed E-state index contributed by atoms with van der Waals surface area (Å²) in [6.45, 7) is 3.89. The monoisotopic (exact) mass is 255 g/mol. The number of rotatable bonds is 2. The van der Waals surface area contributed by atoms with Gasteiger partial charge in [-0.2, -0.15) is 0 Å². The Labute approximate surface area is 109 Å². The molecule has 3 aromatic heterocycles. The molecule has 3 heterocycles. The Bertz CT molecular complexity index is 773. The molecule has 0 bridgehead atoms. The van der Waals surface area contributed by atoms with Crippen molar-refractivity contribution in [2.75, 3.05) is 0 Å². The predicted octanol–water partition coefficient (Wildman–Crippen LogP) is 1.56. The van der Waals surface area contributed by atoms with Crippen LogP contribution in [0, 0.1) is 0 Å². The van der Waals surface area contributed by atoms with Crippen LogP contribution in [0.1, 0.15) is 19.9 Å². The molecule has 0 radical (unpaired) electrons. The maximum absolute atomic E-state index is 12.3. The van der Waals surface area contributed by atoms with Gasteiger partial charge in [-0.15, -0.1) is 5.10 Å². The molecule has 6 heteroatoms. The number of aromatic nitrogens is 5. The lowest BCUT2D eigenvalue weighted by Gasteiger charge is -2.07. The summed E-state index contributed by atoms with van der Waals surface area (Å²) in [4.78, 5) is 20.5. The maximum atomic E-state index is 12.3. The largest absolute Gasteiger partial charge is 0.296 e. The molecule has 3 aromatic rings. The lowest BCUT2D eigenvalue weighted by atomic mass is 10.3. The molecule has 0 aromatic carbocycles. The van der Waals surface area contributed by atoms with Gasteiger partial charge in [0.05, 0.1) is 11.9 Å². The molecule has 0 spiro atoms. The van der Waals surface area contributed by atoms with Crippen LogP contribution in [0.15, 0.2) is 41.8 Å². The van der Waals surface area contributed by atoms with Crippen molar-refractivity contribution in [1.82, 2.24) is 24.3 Å². The quantitative estimate of drug-likeness (QED) is 0.697. The molecule has 96 valence electrons. The first-order valence-corrected chi connectivity index (χ1v) is 6.04. The average Bonchev–Trinajstić information content (AvgIpc) is 2.85. The molecule has 0 unspecified atom stereocenters. The van der Waals surface area contributed by atoms with E-state index in [1.165, 1.54) is 6.33 Å². The second kappa shape index (κ2) is 4.31. The maximum Gasteiger partial charge on any atom is 0.264 e. The summed E-state index contributed by atoms with van der Waals surface area (Å²) in [6, 6.07) is 3.77. The van der Waals surface area contributed by atoms with Crippen LogP contribution in [0.2, 0.25) is 0 Å². The highest BCUT2D eigenvalue weighted by molar-refractivity contribution is 5.73. The standard InChI is InChI=1S/C13H13N5O/c1-9(2)17-8-15-12-11(13(17)19)7-18(16-12)10-4-3-5-14-6-10/h3-9H,1-2H3. The smallest absolute Gasteiger partial charge is 0.264 e. The summed E-state index contributed by atoms with van der Waals surface area (Å²) >= 11 is 0. The lowest BCUT2D eigenvalue weighted by Crippen LogP contribution is -2.21. The Balaban J connectivity index is 2.22. The Morgan fingerprint density at radius 3 is 2.84 bits per heavy atom. The van der Waals surface area contributed by atoms with E-state index >= 15 is 0 Å². The van der Waals surface area contributed by atoms with E-state index in [1.807, 2.05) is 26.0 Å². The minimum absolute atomic E-state index is 0.0739. The van der Waals surface area contributed by atoms with Crippen LogP contribution in [-0.2, 0) is 0 Å². The lowest BCUT2D eigenvalue weighted by molar-refractivity contribution is 0.573. The third-order valence-corrected chi connectivity index (χ3v) is 2.93. The molecule has 0 aliphatic rings. The zero-order valence-corrected chi connectivity index (χ0v) is 10.7. The van der Waals surface area contributed by atoms with Crippen molar-refractivity contribution in [2.24, 2.45) is 0 Å². The highest BCUT2D eigenvalue weighted by atomic mass is 16.1. The van der Waals surface area contributed by atoms with Crippen LogP contribution in [-0.4, -0.2) is 24.3 Å². The van der Waals surface area contributed by atoms with E-state index in [1.54, 1.807) is 27.8 Å². The molecule has 19 heavy (non-hydrogen) atoms. The van der Waals surface area contributed by atoms with Crippen LogP contribution < -0.4 is 5.56 Å². The predicted molar refractivity (Wildman–Crippen MR) is 71.3 cm³/mol. The average molecular weight is 255 g/mol. The Morgan fingerprint density at radius 1 is 1.32 bits per heavy atom. The highest BCUT2D eigenvalue weighted by Gasteiger charge is 2.11. The molecule has 0 N–H and O–H groups in total. The fraction of sp³-hybridized carbons (Fsp3) is 0.231. The summed E-state index contributed by atoms with van der Waals surface area (Å²) in [5, 5.41) is 4.81. The van der Waals surface area contributed by atoms with Gasteiger partial charge in [0.15, 0.2) is 5.65 Å². The van der Waals surface area contributed by atoms with E-state index in [-0.39, 0.29) is 11.6 Å². The van der Waals surface area contributed by atoms with E-state index in [0.29, 0.717) is 11.0 Å². The van der Waals surface area contributed by atoms with Crippen molar-refractivity contribution >= 4 is 11.0 Å². The first kappa shape index (κ1) is 11.6. The number of nitrogens with zero attached hydrogens (tertiary/aromatic N) is 5. The zero-order valence-electron chi connectivity index (χ0n) is 10.7. The summed E-state index contributed by atoms with van der Waals surface area (Å²) in [5.74, 6) is 0. The van der Waals surface area contributed by atoms with E-state index in [9.17, 15) is 4.79 Å². The Kier molecular flexibility index (Phi) is 2.63. The van der Waals surface area contributed by atoms with E-state index in [0.717, 1.165) is 5.69 Å². The summed E-state index contributed by atoms with van der Waals surface area (Å²) < 4.78 is 3.22. The molecular formula is C13H13N5O. The molecule has 0 amide bonds. The minimum atomic E-state index is -0.0739. The van der Waals surface area contributed by atoms with Gasteiger partial charge in [0, 0.05) is 18.4 Å². The minimum Gasteiger partial charge on any atom is -0.296 e. The third kappa shape index (κ3) is 1.91. The highest BCUT2D eigenvalue weighted by Crippen LogP contribution is 2.10. The van der Waals surface area contributed by atoms with Gasteiger partial charge in [0.1, 0.15) is 11.7 Å². The number of hydrogen-bond donors (Lipinski definition) is 0. The van der Waals surface area contributed by atoms with Gasteiger partial charge >= 0.3 is 0 Å². The topological polar surface area (TPSA) is 65.6 Å². The first-order valence-electron chi connectivity index (χ1n) is 6.04. The van der Waals surface area contributed by atoms with Crippen molar-refractivity contribution < 1.29 is 0 Å². The van der Waals surface area contributed by atoms with Crippen LogP contribution in [0.3, 0.4) is 0 Å². The van der Waals surface area contributed by atoms with Gasteiger partial charge in [0.25, 0.3) is 5.56 Å². The third-order valence-electron chi connectivity index (χ3n) is 2.93. The van der Waals surface area contributed by atoms with Gasteiger partial charge in [0.2, 0.25) is 0 Å². The van der Waals surface area contributed by atoms with E-state index < -0.39 is 0 Å². The Morgan fingerprint density at radius 2 is 2.16 bits per heavy atom. The molecule has 0 saturated heterocycles. The van der Waals surface area contributed by atoms with Crippen LogP contribution in [0.4, 0.5) is 0 Å². The van der Waals surface area contributed by atoms with E-state index in [4.69, 9.17) is 0 Å². The van der Waals surface area contributed by atoms with E-state index in [2.05, 4.69) is 15.1 Å². The number of pyridine rings is 1. The van der Waals surface area contributed by atoms with Crippen molar-refractivity contribution in [1.29, 1.82) is 0 Å². The normalized spacial score (nSPS) is 11.3. The Hall–Kier alpha value is -2.50. The molecule has 0 saturated carbocycles. The van der Waals surface area contributed by atoms with Crippen molar-refractivity contribution in [3.8, 4) is 5.69 Å². The van der Waals surface area contributed by atoms with Gasteiger partial charge in [-0.25, -0.2) is 9.67 Å². The van der Waals surface area contributed by atoms with Crippen molar-refractivity contribution in [3.05, 3.63) is 47.4 Å². The fourth-order valence-corrected chi connectivity index (χ4v) is 1.91. The second-order valence-corrected chi connectivity index (χ2v) is 4.57. The SMILES string of the molecule is CC(C)n1cnc2nn(-c3cccnc3)cc2c1=O. The number of fused-ring (bicyclic) bond motifs is 1. The zero-order chi connectivity index (χ0) is 13.4. The summed E-state index contributed by atoms with van der Waals surface area (Å²) in [7, 11) is 0. The van der Waals surface area contributed by atoms with Crippen LogP contribution in [0.5, 0.6) is 0 Å². The van der Waals surface area contributed by atoms with Gasteiger partial charge in [-0.3, -0.25) is 14.3 Å². The molecule has 0 atom stereocenters. The molecule has 3 rings (SSSR count). The molecular weight excluding hydrogens is 242 g/mol. The summed E-state index contributed by atoms with van der Waals surface area (Å²) in [5.41, 5.74) is 1.18. The second-order valence-electron chi connectivity index (χ2n) is 4.57. The molecule has 0 aliphatic carbocycles. The number of hydrogen-bond acceptors (Lipinski definition) is 4. The van der Waals surface area contributed by atoms with Crippen LogP contribution in [0.25, 0.3) is 16.7 Å². The van der Waals surface area contributed by atoms with Crippen molar-refractivity contribution in [2.45, 2.75) is 19.9 Å². The van der Waals surface area contributed by atoms with Crippen molar-refractivity contribution in [3.63, 3.8) is 0 Å².